The van der Waals surface area contributed by atoms with Crippen LogP contribution in [0.4, 0.5) is 11.4 Å². The highest BCUT2D eigenvalue weighted by molar-refractivity contribution is 6.06. The van der Waals surface area contributed by atoms with E-state index in [1.165, 1.54) is 12.1 Å². The van der Waals surface area contributed by atoms with Gasteiger partial charge in [0.25, 0.3) is 11.6 Å². The van der Waals surface area contributed by atoms with E-state index in [-0.39, 0.29) is 11.6 Å². The van der Waals surface area contributed by atoms with E-state index in [0.29, 0.717) is 22.6 Å². The average molecular weight is 336 g/mol. The lowest BCUT2D eigenvalue weighted by Gasteiger charge is -2.06. The summed E-state index contributed by atoms with van der Waals surface area (Å²) in [6, 6.07) is 15.2. The van der Waals surface area contributed by atoms with Crippen molar-refractivity contribution < 1.29 is 14.1 Å². The fraction of sp³-hybridized carbons (Fsp3) is 0.105. The number of benzene rings is 2. The van der Waals surface area contributed by atoms with Crippen molar-refractivity contribution in [2.24, 2.45) is 0 Å². The first-order valence-electron chi connectivity index (χ1n) is 7.68. The molecule has 0 atom stereocenters. The minimum Gasteiger partial charge on any atom is -0.461 e. The molecule has 0 unspecified atom stereocenters. The highest BCUT2D eigenvalue weighted by Crippen LogP contribution is 2.28. The molecule has 2 aromatic carbocycles. The zero-order valence-corrected chi connectivity index (χ0v) is 13.8. The molecule has 6 heteroatoms. The molecule has 0 fully saturated rings. The SMILES string of the molecule is Cc1ccccc1NC(=O)c1cc(-c2cccc([N+](=O)[O-])c2)oc1C. The van der Waals surface area contributed by atoms with E-state index >= 15 is 0 Å². The summed E-state index contributed by atoms with van der Waals surface area (Å²) in [5.74, 6) is 0.580. The molecule has 126 valence electrons. The summed E-state index contributed by atoms with van der Waals surface area (Å²) in [4.78, 5) is 23.0. The number of nitrogens with one attached hydrogen (secondary N) is 1. The smallest absolute Gasteiger partial charge is 0.270 e. The zero-order valence-electron chi connectivity index (χ0n) is 13.8. The van der Waals surface area contributed by atoms with Crippen LogP contribution in [0.15, 0.2) is 59.0 Å². The van der Waals surface area contributed by atoms with Crippen molar-refractivity contribution in [1.82, 2.24) is 0 Å². The number of amides is 1. The Kier molecular flexibility index (Phi) is 4.35. The molecule has 1 amide bonds. The molecule has 1 aromatic heterocycles. The lowest BCUT2D eigenvalue weighted by molar-refractivity contribution is -0.384. The van der Waals surface area contributed by atoms with Gasteiger partial charge in [0.1, 0.15) is 11.5 Å². The van der Waals surface area contributed by atoms with Crippen LogP contribution >= 0.6 is 0 Å². The van der Waals surface area contributed by atoms with Crippen molar-refractivity contribution in [1.29, 1.82) is 0 Å². The Morgan fingerprint density at radius 2 is 1.84 bits per heavy atom. The van der Waals surface area contributed by atoms with Gasteiger partial charge in [0.05, 0.1) is 10.5 Å². The Balaban J connectivity index is 1.90. The number of hydrogen-bond acceptors (Lipinski definition) is 4. The van der Waals surface area contributed by atoms with Crippen LogP contribution in [-0.4, -0.2) is 10.8 Å². The van der Waals surface area contributed by atoms with E-state index in [9.17, 15) is 14.9 Å². The number of non-ortho nitro benzene ring substituents is 1. The van der Waals surface area contributed by atoms with Crippen LogP contribution in [0.3, 0.4) is 0 Å². The third-order valence-corrected chi connectivity index (χ3v) is 3.90. The molecule has 0 spiro atoms. The van der Waals surface area contributed by atoms with E-state index in [1.54, 1.807) is 25.1 Å². The lowest BCUT2D eigenvalue weighted by Crippen LogP contribution is -2.12. The van der Waals surface area contributed by atoms with E-state index < -0.39 is 4.92 Å². The maximum atomic E-state index is 12.5. The maximum Gasteiger partial charge on any atom is 0.270 e. The van der Waals surface area contributed by atoms with Gasteiger partial charge in [0.15, 0.2) is 0 Å². The van der Waals surface area contributed by atoms with Crippen LogP contribution in [0.1, 0.15) is 21.7 Å². The third-order valence-electron chi connectivity index (χ3n) is 3.90. The molecule has 0 aliphatic rings. The number of anilines is 1. The summed E-state index contributed by atoms with van der Waals surface area (Å²) in [5, 5.41) is 13.8. The first kappa shape index (κ1) is 16.4. The Morgan fingerprint density at radius 3 is 2.56 bits per heavy atom. The van der Waals surface area contributed by atoms with Gasteiger partial charge in [0.2, 0.25) is 0 Å². The Morgan fingerprint density at radius 1 is 1.08 bits per heavy atom. The predicted octanol–water partition coefficient (Wildman–Crippen LogP) is 4.72. The molecule has 0 bridgehead atoms. The number of hydrogen-bond donors (Lipinski definition) is 1. The molecule has 0 saturated carbocycles. The van der Waals surface area contributed by atoms with Crippen LogP contribution in [0.2, 0.25) is 0 Å². The number of nitro groups is 1. The molecule has 3 aromatic rings. The minimum atomic E-state index is -0.467. The third kappa shape index (κ3) is 3.42. The molecule has 3 rings (SSSR count). The summed E-state index contributed by atoms with van der Waals surface area (Å²) in [6.07, 6.45) is 0. The second kappa shape index (κ2) is 6.60. The first-order valence-corrected chi connectivity index (χ1v) is 7.68. The summed E-state index contributed by atoms with van der Waals surface area (Å²) in [6.45, 7) is 3.60. The van der Waals surface area contributed by atoms with E-state index in [2.05, 4.69) is 5.32 Å². The van der Waals surface area contributed by atoms with Gasteiger partial charge in [0, 0.05) is 23.4 Å². The van der Waals surface area contributed by atoms with Gasteiger partial charge in [-0.05, 0) is 31.5 Å². The van der Waals surface area contributed by atoms with E-state index in [0.717, 1.165) is 11.3 Å². The topological polar surface area (TPSA) is 85.4 Å². The Hall–Kier alpha value is -3.41. The fourth-order valence-electron chi connectivity index (χ4n) is 2.53. The Labute approximate surface area is 144 Å². The molecule has 0 radical (unpaired) electrons. The first-order chi connectivity index (χ1) is 12.0. The number of aryl methyl sites for hydroxylation is 2. The molecule has 25 heavy (non-hydrogen) atoms. The van der Waals surface area contributed by atoms with Gasteiger partial charge in [-0.2, -0.15) is 0 Å². The lowest BCUT2D eigenvalue weighted by atomic mass is 10.1. The standard InChI is InChI=1S/C19H16N2O4/c1-12-6-3-4-9-17(12)20-19(22)16-11-18(25-13(16)2)14-7-5-8-15(10-14)21(23)24/h3-11H,1-2H3,(H,20,22). The summed E-state index contributed by atoms with van der Waals surface area (Å²) in [7, 11) is 0. The second-order valence-corrected chi connectivity index (χ2v) is 5.66. The van der Waals surface area contributed by atoms with Crippen LogP contribution in [0, 0.1) is 24.0 Å². The van der Waals surface area contributed by atoms with Crippen LogP contribution in [0.5, 0.6) is 0 Å². The van der Waals surface area contributed by atoms with Gasteiger partial charge in [-0.25, -0.2) is 0 Å². The minimum absolute atomic E-state index is 0.0301. The molecular weight excluding hydrogens is 320 g/mol. The van der Waals surface area contributed by atoms with Gasteiger partial charge in [-0.1, -0.05) is 30.3 Å². The molecule has 0 aliphatic carbocycles. The second-order valence-electron chi connectivity index (χ2n) is 5.66. The molecule has 6 nitrogen and oxygen atoms in total. The van der Waals surface area contributed by atoms with Crippen LogP contribution < -0.4 is 5.32 Å². The molecule has 1 heterocycles. The number of carbonyl (C=O) groups is 1. The number of nitrogens with zero attached hydrogens (tertiary/aromatic N) is 1. The van der Waals surface area contributed by atoms with Gasteiger partial charge in [-0.3, -0.25) is 14.9 Å². The normalized spacial score (nSPS) is 10.5. The van der Waals surface area contributed by atoms with Crippen molar-refractivity contribution in [2.45, 2.75) is 13.8 Å². The number of rotatable bonds is 4. The highest BCUT2D eigenvalue weighted by atomic mass is 16.6. The van der Waals surface area contributed by atoms with Gasteiger partial charge >= 0.3 is 0 Å². The monoisotopic (exact) mass is 336 g/mol. The van der Waals surface area contributed by atoms with Crippen molar-refractivity contribution in [3.8, 4) is 11.3 Å². The van der Waals surface area contributed by atoms with Gasteiger partial charge < -0.3 is 9.73 Å². The molecule has 1 N–H and O–H groups in total. The Bertz CT molecular complexity index is 960. The molecular formula is C19H16N2O4. The summed E-state index contributed by atoms with van der Waals surface area (Å²) in [5.41, 5.74) is 2.59. The molecule has 0 saturated heterocycles. The number of furan rings is 1. The summed E-state index contributed by atoms with van der Waals surface area (Å²) >= 11 is 0. The number of carbonyl (C=O) groups excluding carboxylic acids is 1. The zero-order chi connectivity index (χ0) is 18.0. The van der Waals surface area contributed by atoms with E-state index in [1.807, 2.05) is 31.2 Å². The van der Waals surface area contributed by atoms with Crippen molar-refractivity contribution in [3.05, 3.63) is 81.6 Å². The highest BCUT2D eigenvalue weighted by Gasteiger charge is 2.18. The van der Waals surface area contributed by atoms with Crippen molar-refractivity contribution in [3.63, 3.8) is 0 Å². The predicted molar refractivity (Wildman–Crippen MR) is 94.7 cm³/mol. The van der Waals surface area contributed by atoms with Crippen molar-refractivity contribution in [2.75, 3.05) is 5.32 Å². The quantitative estimate of drug-likeness (QED) is 0.551. The van der Waals surface area contributed by atoms with Crippen LogP contribution in [-0.2, 0) is 0 Å². The van der Waals surface area contributed by atoms with Crippen LogP contribution in [0.25, 0.3) is 11.3 Å². The van der Waals surface area contributed by atoms with Crippen molar-refractivity contribution >= 4 is 17.3 Å². The number of para-hydroxylation sites is 1. The van der Waals surface area contributed by atoms with E-state index in [4.69, 9.17) is 4.42 Å². The van der Waals surface area contributed by atoms with Gasteiger partial charge in [-0.15, -0.1) is 0 Å². The maximum absolute atomic E-state index is 12.5. The summed E-state index contributed by atoms with van der Waals surface area (Å²) < 4.78 is 5.64. The average Bonchev–Trinajstić information content (AvgIpc) is 2.99. The fourth-order valence-corrected chi connectivity index (χ4v) is 2.53. The number of nitro benzene ring substituents is 1. The largest absolute Gasteiger partial charge is 0.461 e. The molecule has 0 aliphatic heterocycles.